The van der Waals surface area contributed by atoms with Crippen LogP contribution in [0.5, 0.6) is 5.75 Å². The third kappa shape index (κ3) is 3.31. The highest BCUT2D eigenvalue weighted by atomic mass is 35.5. The number of halogens is 1. The van der Waals surface area contributed by atoms with E-state index < -0.39 is 0 Å². The molecule has 0 saturated carbocycles. The number of hydrogen-bond donors (Lipinski definition) is 3. The molecule has 4 N–H and O–H groups in total. The van der Waals surface area contributed by atoms with Gasteiger partial charge in [-0.3, -0.25) is 0 Å². The maximum absolute atomic E-state index is 9.18. The molecule has 0 radical (unpaired) electrons. The first-order valence-electron chi connectivity index (χ1n) is 5.72. The molecule has 2 aromatic carbocycles. The first kappa shape index (κ1) is 12.6. The van der Waals surface area contributed by atoms with Crippen LogP contribution in [0.25, 0.3) is 0 Å². The molecule has 0 saturated heterocycles. The van der Waals surface area contributed by atoms with Crippen LogP contribution in [-0.4, -0.2) is 11.7 Å². The van der Waals surface area contributed by atoms with Crippen molar-refractivity contribution in [2.75, 3.05) is 17.6 Å². The standard InChI is InChI=1S/C14H15ClN2O/c15-11-3-6-13(16)14(9-11)17-8-7-10-1-4-12(18)5-2-10/h1-6,9,17-18H,7-8,16H2. The maximum atomic E-state index is 9.18. The van der Waals surface area contributed by atoms with Crippen molar-refractivity contribution in [2.45, 2.75) is 6.42 Å². The zero-order chi connectivity index (χ0) is 13.0. The molecule has 3 nitrogen and oxygen atoms in total. The lowest BCUT2D eigenvalue weighted by molar-refractivity contribution is 0.475. The van der Waals surface area contributed by atoms with Crippen molar-refractivity contribution in [3.05, 3.63) is 53.1 Å². The van der Waals surface area contributed by atoms with Crippen LogP contribution in [-0.2, 0) is 6.42 Å². The molecular weight excluding hydrogens is 248 g/mol. The molecule has 0 atom stereocenters. The van der Waals surface area contributed by atoms with E-state index in [4.69, 9.17) is 17.3 Å². The van der Waals surface area contributed by atoms with Gasteiger partial charge in [0.15, 0.2) is 0 Å². The summed E-state index contributed by atoms with van der Waals surface area (Å²) >= 11 is 5.91. The molecule has 18 heavy (non-hydrogen) atoms. The Balaban J connectivity index is 1.92. The number of aromatic hydroxyl groups is 1. The van der Waals surface area contributed by atoms with Gasteiger partial charge >= 0.3 is 0 Å². The molecule has 2 aromatic rings. The van der Waals surface area contributed by atoms with Gasteiger partial charge in [0.2, 0.25) is 0 Å². The maximum Gasteiger partial charge on any atom is 0.115 e. The van der Waals surface area contributed by atoms with Crippen molar-refractivity contribution in [1.82, 2.24) is 0 Å². The zero-order valence-corrected chi connectivity index (χ0v) is 10.6. The minimum atomic E-state index is 0.283. The number of hydrogen-bond acceptors (Lipinski definition) is 3. The quantitative estimate of drug-likeness (QED) is 0.741. The fraction of sp³-hybridized carbons (Fsp3) is 0.143. The predicted molar refractivity (Wildman–Crippen MR) is 76.2 cm³/mol. The summed E-state index contributed by atoms with van der Waals surface area (Å²) in [5.74, 6) is 0.283. The minimum absolute atomic E-state index is 0.283. The molecule has 4 heteroatoms. The molecular formula is C14H15ClN2O. The second-order valence-corrected chi connectivity index (χ2v) is 4.51. The van der Waals surface area contributed by atoms with E-state index in [-0.39, 0.29) is 5.75 Å². The summed E-state index contributed by atoms with van der Waals surface area (Å²) in [6, 6.07) is 12.5. The monoisotopic (exact) mass is 262 g/mol. The van der Waals surface area contributed by atoms with Gasteiger partial charge < -0.3 is 16.2 Å². The van der Waals surface area contributed by atoms with Crippen LogP contribution in [0.15, 0.2) is 42.5 Å². The van der Waals surface area contributed by atoms with E-state index in [0.717, 1.165) is 24.2 Å². The van der Waals surface area contributed by atoms with Gasteiger partial charge in [0.1, 0.15) is 5.75 Å². The summed E-state index contributed by atoms with van der Waals surface area (Å²) in [4.78, 5) is 0. The summed E-state index contributed by atoms with van der Waals surface area (Å²) < 4.78 is 0. The lowest BCUT2D eigenvalue weighted by Crippen LogP contribution is -2.06. The van der Waals surface area contributed by atoms with Crippen molar-refractivity contribution in [1.29, 1.82) is 0 Å². The SMILES string of the molecule is Nc1ccc(Cl)cc1NCCc1ccc(O)cc1. The van der Waals surface area contributed by atoms with E-state index in [1.54, 1.807) is 24.3 Å². The number of nitrogens with one attached hydrogen (secondary N) is 1. The smallest absolute Gasteiger partial charge is 0.115 e. The van der Waals surface area contributed by atoms with Crippen molar-refractivity contribution < 1.29 is 5.11 Å². The van der Waals surface area contributed by atoms with Crippen LogP contribution in [0.1, 0.15) is 5.56 Å². The average molecular weight is 263 g/mol. The molecule has 94 valence electrons. The van der Waals surface area contributed by atoms with Gasteiger partial charge in [0.25, 0.3) is 0 Å². The fourth-order valence-electron chi connectivity index (χ4n) is 1.69. The van der Waals surface area contributed by atoms with Gasteiger partial charge in [-0.05, 0) is 42.3 Å². The first-order chi connectivity index (χ1) is 8.65. The average Bonchev–Trinajstić information content (AvgIpc) is 2.36. The normalized spacial score (nSPS) is 10.3. The van der Waals surface area contributed by atoms with E-state index in [1.807, 2.05) is 18.2 Å². The second kappa shape index (κ2) is 5.65. The van der Waals surface area contributed by atoms with E-state index >= 15 is 0 Å². The second-order valence-electron chi connectivity index (χ2n) is 4.07. The van der Waals surface area contributed by atoms with Gasteiger partial charge in [-0.25, -0.2) is 0 Å². The minimum Gasteiger partial charge on any atom is -0.508 e. The van der Waals surface area contributed by atoms with Gasteiger partial charge in [-0.1, -0.05) is 23.7 Å². The number of rotatable bonds is 4. The summed E-state index contributed by atoms with van der Waals surface area (Å²) in [5.41, 5.74) is 8.52. The molecule has 0 aliphatic heterocycles. The van der Waals surface area contributed by atoms with Crippen LogP contribution in [0.2, 0.25) is 5.02 Å². The third-order valence-corrected chi connectivity index (χ3v) is 2.92. The van der Waals surface area contributed by atoms with E-state index in [1.165, 1.54) is 0 Å². The van der Waals surface area contributed by atoms with Gasteiger partial charge in [-0.15, -0.1) is 0 Å². The highest BCUT2D eigenvalue weighted by Gasteiger charge is 2.00. The number of nitrogen functional groups attached to an aromatic ring is 1. The molecule has 0 fully saturated rings. The lowest BCUT2D eigenvalue weighted by atomic mass is 10.1. The van der Waals surface area contributed by atoms with Crippen molar-refractivity contribution in [2.24, 2.45) is 0 Å². The molecule has 0 aliphatic carbocycles. The Bertz CT molecular complexity index is 526. The Morgan fingerprint density at radius 3 is 2.56 bits per heavy atom. The number of phenolic OH excluding ortho intramolecular Hbond substituents is 1. The van der Waals surface area contributed by atoms with E-state index in [0.29, 0.717) is 10.7 Å². The number of nitrogens with two attached hydrogens (primary N) is 1. The predicted octanol–water partition coefficient (Wildman–Crippen LogP) is 3.28. The molecule has 0 heterocycles. The van der Waals surface area contributed by atoms with Gasteiger partial charge in [-0.2, -0.15) is 0 Å². The van der Waals surface area contributed by atoms with Crippen LogP contribution in [0.4, 0.5) is 11.4 Å². The highest BCUT2D eigenvalue weighted by molar-refractivity contribution is 6.31. The molecule has 0 unspecified atom stereocenters. The number of phenols is 1. The van der Waals surface area contributed by atoms with Crippen LogP contribution >= 0.6 is 11.6 Å². The number of benzene rings is 2. The Kier molecular flexibility index (Phi) is 3.95. The molecule has 2 rings (SSSR count). The summed E-state index contributed by atoms with van der Waals surface area (Å²) in [6.07, 6.45) is 0.853. The van der Waals surface area contributed by atoms with Crippen molar-refractivity contribution in [3.63, 3.8) is 0 Å². The van der Waals surface area contributed by atoms with E-state index in [2.05, 4.69) is 5.32 Å². The largest absolute Gasteiger partial charge is 0.508 e. The Hall–Kier alpha value is -1.87. The number of anilines is 2. The lowest BCUT2D eigenvalue weighted by Gasteiger charge is -2.09. The Morgan fingerprint density at radius 2 is 1.83 bits per heavy atom. The molecule has 0 spiro atoms. The summed E-state index contributed by atoms with van der Waals surface area (Å²) in [5, 5.41) is 13.1. The molecule has 0 aliphatic rings. The molecule has 0 amide bonds. The van der Waals surface area contributed by atoms with Crippen LogP contribution in [0.3, 0.4) is 0 Å². The topological polar surface area (TPSA) is 58.3 Å². The Labute approximate surface area is 111 Å². The van der Waals surface area contributed by atoms with Gasteiger partial charge in [0, 0.05) is 11.6 Å². The van der Waals surface area contributed by atoms with Crippen molar-refractivity contribution >= 4 is 23.0 Å². The molecule has 0 aromatic heterocycles. The highest BCUT2D eigenvalue weighted by Crippen LogP contribution is 2.22. The fourth-order valence-corrected chi connectivity index (χ4v) is 1.86. The summed E-state index contributed by atoms with van der Waals surface area (Å²) in [6.45, 7) is 0.759. The zero-order valence-electron chi connectivity index (χ0n) is 9.86. The molecule has 0 bridgehead atoms. The van der Waals surface area contributed by atoms with E-state index in [9.17, 15) is 5.11 Å². The Morgan fingerprint density at radius 1 is 1.11 bits per heavy atom. The van der Waals surface area contributed by atoms with Gasteiger partial charge in [0.05, 0.1) is 11.4 Å². The van der Waals surface area contributed by atoms with Crippen LogP contribution in [0, 0.1) is 0 Å². The first-order valence-corrected chi connectivity index (χ1v) is 6.10. The summed E-state index contributed by atoms with van der Waals surface area (Å²) in [7, 11) is 0. The van der Waals surface area contributed by atoms with Crippen LogP contribution < -0.4 is 11.1 Å². The van der Waals surface area contributed by atoms with Crippen molar-refractivity contribution in [3.8, 4) is 5.75 Å². The third-order valence-electron chi connectivity index (χ3n) is 2.68.